The van der Waals surface area contributed by atoms with Crippen LogP contribution in [0.3, 0.4) is 0 Å². The second-order valence-corrected chi connectivity index (χ2v) is 5.93. The van der Waals surface area contributed by atoms with Gasteiger partial charge >= 0.3 is 0 Å². The first-order valence-corrected chi connectivity index (χ1v) is 8.27. The summed E-state index contributed by atoms with van der Waals surface area (Å²) in [5.74, 6) is 7.61. The lowest BCUT2D eigenvalue weighted by Gasteiger charge is -2.28. The zero-order chi connectivity index (χ0) is 15.1. The van der Waals surface area contributed by atoms with Crippen molar-refractivity contribution in [2.45, 2.75) is 51.6 Å². The van der Waals surface area contributed by atoms with E-state index in [2.05, 4.69) is 18.8 Å². The van der Waals surface area contributed by atoms with E-state index in [0.717, 1.165) is 24.3 Å². The van der Waals surface area contributed by atoms with Gasteiger partial charge in [-0.25, -0.2) is 4.39 Å². The van der Waals surface area contributed by atoms with Crippen LogP contribution in [0.25, 0.3) is 0 Å². The van der Waals surface area contributed by atoms with Crippen LogP contribution in [0.5, 0.6) is 5.75 Å². The van der Waals surface area contributed by atoms with Crippen LogP contribution in [0.15, 0.2) is 18.2 Å². The van der Waals surface area contributed by atoms with Gasteiger partial charge in [-0.3, -0.25) is 0 Å². The first kappa shape index (κ1) is 16.2. The van der Waals surface area contributed by atoms with E-state index < -0.39 is 0 Å². The van der Waals surface area contributed by atoms with Gasteiger partial charge in [0.15, 0.2) is 0 Å². The number of alkyl halides is 1. The number of hydrogen-bond donors (Lipinski definition) is 0. The van der Waals surface area contributed by atoms with E-state index in [9.17, 15) is 4.39 Å². The Morgan fingerprint density at radius 2 is 2.05 bits per heavy atom. The molecule has 1 saturated carbocycles. The van der Waals surface area contributed by atoms with E-state index >= 15 is 0 Å². The molecule has 0 atom stereocenters. The minimum atomic E-state index is -0.282. The Morgan fingerprint density at radius 3 is 2.71 bits per heavy atom. The van der Waals surface area contributed by atoms with Gasteiger partial charge in [-0.2, -0.15) is 0 Å². The van der Waals surface area contributed by atoms with E-state index in [4.69, 9.17) is 16.3 Å². The average molecular weight is 309 g/mol. The van der Waals surface area contributed by atoms with Crippen molar-refractivity contribution in [2.75, 3.05) is 5.88 Å². The highest BCUT2D eigenvalue weighted by atomic mass is 35.5. The summed E-state index contributed by atoms with van der Waals surface area (Å²) in [6.07, 6.45) is 6.53. The predicted octanol–water partition coefficient (Wildman–Crippen LogP) is 5.15. The van der Waals surface area contributed by atoms with Crippen LogP contribution in [0, 0.1) is 23.6 Å². The van der Waals surface area contributed by atoms with E-state index in [0.29, 0.717) is 18.1 Å². The third-order valence-electron chi connectivity index (χ3n) is 4.05. The summed E-state index contributed by atoms with van der Waals surface area (Å²) in [5, 5.41) is 0. The summed E-state index contributed by atoms with van der Waals surface area (Å²) in [6.45, 7) is 2.24. The van der Waals surface area contributed by atoms with Crippen LogP contribution >= 0.6 is 11.6 Å². The molecule has 1 nitrogen and oxygen atoms in total. The van der Waals surface area contributed by atoms with Crippen LogP contribution in [0.4, 0.5) is 4.39 Å². The Balaban J connectivity index is 2.05. The largest absolute Gasteiger partial charge is 0.489 e. The van der Waals surface area contributed by atoms with Gasteiger partial charge in [0.25, 0.3) is 0 Å². The zero-order valence-electron chi connectivity index (χ0n) is 12.5. The Labute approximate surface area is 131 Å². The second-order valence-electron chi connectivity index (χ2n) is 5.55. The first-order chi connectivity index (χ1) is 10.2. The molecular weight excluding hydrogens is 287 g/mol. The van der Waals surface area contributed by atoms with E-state index in [1.807, 2.05) is 0 Å². The Morgan fingerprint density at radius 1 is 1.29 bits per heavy atom. The lowest BCUT2D eigenvalue weighted by atomic mass is 9.86. The third kappa shape index (κ3) is 4.93. The van der Waals surface area contributed by atoms with Crippen LogP contribution < -0.4 is 4.74 Å². The highest BCUT2D eigenvalue weighted by Crippen LogP contribution is 2.30. The lowest BCUT2D eigenvalue weighted by molar-refractivity contribution is 0.129. The Kier molecular flexibility index (Phi) is 6.39. The SMILES string of the molecule is CCC1CCC(Oc2cc(F)ccc2C#CCCCl)CC1. The molecule has 0 bridgehead atoms. The fourth-order valence-corrected chi connectivity index (χ4v) is 2.83. The number of benzene rings is 1. The minimum absolute atomic E-state index is 0.183. The van der Waals surface area contributed by atoms with Gasteiger partial charge in [0, 0.05) is 18.4 Å². The van der Waals surface area contributed by atoms with Crippen molar-refractivity contribution in [1.29, 1.82) is 0 Å². The summed E-state index contributed by atoms with van der Waals surface area (Å²) in [5.41, 5.74) is 0.749. The Hall–Kier alpha value is -1.20. The highest BCUT2D eigenvalue weighted by molar-refractivity contribution is 6.18. The van der Waals surface area contributed by atoms with Gasteiger partial charge < -0.3 is 4.74 Å². The molecule has 1 aliphatic rings. The maximum Gasteiger partial charge on any atom is 0.138 e. The normalized spacial score (nSPS) is 21.5. The topological polar surface area (TPSA) is 9.23 Å². The van der Waals surface area contributed by atoms with Crippen molar-refractivity contribution in [3.8, 4) is 17.6 Å². The quantitative estimate of drug-likeness (QED) is 0.552. The van der Waals surface area contributed by atoms with Crippen molar-refractivity contribution in [1.82, 2.24) is 0 Å². The molecule has 0 spiro atoms. The van der Waals surface area contributed by atoms with Crippen molar-refractivity contribution in [3.05, 3.63) is 29.6 Å². The van der Waals surface area contributed by atoms with Crippen LogP contribution in [0.2, 0.25) is 0 Å². The molecule has 0 saturated heterocycles. The number of hydrogen-bond acceptors (Lipinski definition) is 1. The molecule has 0 amide bonds. The maximum absolute atomic E-state index is 13.5. The summed E-state index contributed by atoms with van der Waals surface area (Å²) in [7, 11) is 0. The molecule has 2 rings (SSSR count). The standard InChI is InChI=1S/C18H22ClFO/c1-2-14-6-10-17(11-7-14)21-18-13-16(20)9-8-15(18)5-3-4-12-19/h8-9,13-14,17H,2,4,6-7,10-12H2,1H3. The van der Waals surface area contributed by atoms with Crippen LogP contribution in [-0.2, 0) is 0 Å². The minimum Gasteiger partial charge on any atom is -0.489 e. The molecule has 1 aliphatic carbocycles. The number of rotatable bonds is 4. The van der Waals surface area contributed by atoms with Gasteiger partial charge in [-0.1, -0.05) is 25.2 Å². The van der Waals surface area contributed by atoms with Gasteiger partial charge in [-0.15, -0.1) is 11.6 Å². The van der Waals surface area contributed by atoms with Gasteiger partial charge in [0.2, 0.25) is 0 Å². The molecular formula is C18H22ClFO. The molecule has 114 valence electrons. The molecule has 0 unspecified atom stereocenters. The van der Waals surface area contributed by atoms with Crippen molar-refractivity contribution in [2.24, 2.45) is 5.92 Å². The molecule has 0 aliphatic heterocycles. The first-order valence-electron chi connectivity index (χ1n) is 7.74. The molecule has 0 aromatic heterocycles. The predicted molar refractivity (Wildman–Crippen MR) is 85.3 cm³/mol. The van der Waals surface area contributed by atoms with E-state index in [1.165, 1.54) is 31.4 Å². The van der Waals surface area contributed by atoms with Crippen molar-refractivity contribution >= 4 is 11.6 Å². The van der Waals surface area contributed by atoms with Crippen molar-refractivity contribution in [3.63, 3.8) is 0 Å². The molecule has 0 heterocycles. The molecule has 21 heavy (non-hydrogen) atoms. The summed E-state index contributed by atoms with van der Waals surface area (Å²) in [6, 6.07) is 4.55. The molecule has 0 radical (unpaired) electrons. The Bertz CT molecular complexity index is 510. The average Bonchev–Trinajstić information content (AvgIpc) is 2.50. The fourth-order valence-electron chi connectivity index (χ4n) is 2.74. The van der Waals surface area contributed by atoms with E-state index in [-0.39, 0.29) is 11.9 Å². The monoisotopic (exact) mass is 308 g/mol. The molecule has 1 aromatic carbocycles. The molecule has 1 fully saturated rings. The highest BCUT2D eigenvalue weighted by Gasteiger charge is 2.22. The number of ether oxygens (including phenoxy) is 1. The van der Waals surface area contributed by atoms with Crippen molar-refractivity contribution < 1.29 is 9.13 Å². The number of halogens is 2. The molecule has 1 aromatic rings. The fraction of sp³-hybridized carbons (Fsp3) is 0.556. The lowest BCUT2D eigenvalue weighted by Crippen LogP contribution is -2.24. The molecule has 3 heteroatoms. The third-order valence-corrected chi connectivity index (χ3v) is 4.24. The van der Waals surface area contributed by atoms with E-state index in [1.54, 1.807) is 6.07 Å². The van der Waals surface area contributed by atoms with Gasteiger partial charge in [0.05, 0.1) is 11.7 Å². The summed E-state index contributed by atoms with van der Waals surface area (Å²) >= 11 is 5.62. The second kappa shape index (κ2) is 8.29. The van der Waals surface area contributed by atoms with Crippen LogP contribution in [0.1, 0.15) is 51.0 Å². The zero-order valence-corrected chi connectivity index (χ0v) is 13.3. The van der Waals surface area contributed by atoms with Gasteiger partial charge in [0.1, 0.15) is 11.6 Å². The van der Waals surface area contributed by atoms with Crippen LogP contribution in [-0.4, -0.2) is 12.0 Å². The molecule has 0 N–H and O–H groups in total. The summed E-state index contributed by atoms with van der Waals surface area (Å²) in [4.78, 5) is 0. The maximum atomic E-state index is 13.5. The summed E-state index contributed by atoms with van der Waals surface area (Å²) < 4.78 is 19.5. The van der Waals surface area contributed by atoms with Gasteiger partial charge in [-0.05, 0) is 43.7 Å². The smallest absolute Gasteiger partial charge is 0.138 e.